The van der Waals surface area contributed by atoms with Crippen molar-refractivity contribution in [2.24, 2.45) is 0 Å². The third kappa shape index (κ3) is 4.16. The van der Waals surface area contributed by atoms with Gasteiger partial charge in [-0.1, -0.05) is 6.07 Å². The normalized spacial score (nSPS) is 13.2. The molecule has 0 atom stereocenters. The molecule has 0 unspecified atom stereocenters. The van der Waals surface area contributed by atoms with Crippen LogP contribution in [0.25, 0.3) is 11.3 Å². The van der Waals surface area contributed by atoms with Crippen molar-refractivity contribution < 1.29 is 8.78 Å². The van der Waals surface area contributed by atoms with Gasteiger partial charge in [0.15, 0.2) is 5.82 Å². The average molecular weight is 411 g/mol. The lowest BCUT2D eigenvalue weighted by Crippen LogP contribution is -2.24. The van der Waals surface area contributed by atoms with Crippen LogP contribution in [-0.2, 0) is 13.0 Å². The van der Waals surface area contributed by atoms with E-state index in [0.717, 1.165) is 37.0 Å². The van der Waals surface area contributed by atoms with Crippen molar-refractivity contribution in [2.75, 3.05) is 22.9 Å². The van der Waals surface area contributed by atoms with Crippen LogP contribution in [0.4, 0.5) is 31.9 Å². The molecule has 1 aromatic carbocycles. The van der Waals surface area contributed by atoms with Crippen molar-refractivity contribution in [3.05, 3.63) is 53.4 Å². The second-order valence-corrected chi connectivity index (χ2v) is 7.46. The maximum absolute atomic E-state index is 14.5. The van der Waals surface area contributed by atoms with E-state index >= 15 is 0 Å². The zero-order valence-electron chi connectivity index (χ0n) is 16.8. The minimum atomic E-state index is -0.662. The Balaban J connectivity index is 1.66. The molecule has 0 aliphatic carbocycles. The minimum Gasteiger partial charge on any atom is -0.395 e. The molecule has 0 saturated heterocycles. The van der Waals surface area contributed by atoms with Crippen LogP contribution in [0.15, 0.2) is 30.5 Å². The summed E-state index contributed by atoms with van der Waals surface area (Å²) in [6, 6.07) is 6.59. The van der Waals surface area contributed by atoms with Crippen LogP contribution >= 0.6 is 0 Å². The number of nitrogen functional groups attached to an aromatic ring is 1. The summed E-state index contributed by atoms with van der Waals surface area (Å²) in [7, 11) is 0. The molecule has 0 spiro atoms. The minimum absolute atomic E-state index is 0.0204. The smallest absolute Gasteiger partial charge is 0.229 e. The average Bonchev–Trinajstić information content (AvgIpc) is 2.72. The van der Waals surface area contributed by atoms with Gasteiger partial charge in [-0.05, 0) is 37.6 Å². The summed E-state index contributed by atoms with van der Waals surface area (Å²) < 4.78 is 28.8. The summed E-state index contributed by atoms with van der Waals surface area (Å²) >= 11 is 0. The highest BCUT2D eigenvalue weighted by Gasteiger charge is 2.16. The van der Waals surface area contributed by atoms with E-state index in [9.17, 15) is 8.78 Å². The Bertz CT molecular complexity index is 1090. The number of benzene rings is 1. The lowest BCUT2D eigenvalue weighted by atomic mass is 10.1. The monoisotopic (exact) mass is 411 g/mol. The SMILES string of the molecule is CC(C)Nc1cc(-c2nc(Nc3ccc4c(n3)CCNC4)ncc2F)cc(F)c1N. The Kier molecular flexibility index (Phi) is 5.45. The number of anilines is 4. The number of nitrogens with zero attached hydrogens (tertiary/aromatic N) is 3. The lowest BCUT2D eigenvalue weighted by molar-refractivity contribution is 0.617. The molecule has 4 rings (SSSR count). The van der Waals surface area contributed by atoms with E-state index < -0.39 is 11.6 Å². The van der Waals surface area contributed by atoms with Gasteiger partial charge in [0, 0.05) is 36.8 Å². The lowest BCUT2D eigenvalue weighted by Gasteiger charge is -2.17. The highest BCUT2D eigenvalue weighted by atomic mass is 19.1. The molecule has 3 aromatic rings. The van der Waals surface area contributed by atoms with Gasteiger partial charge in [0.25, 0.3) is 0 Å². The van der Waals surface area contributed by atoms with Crippen molar-refractivity contribution >= 4 is 23.1 Å². The van der Waals surface area contributed by atoms with E-state index in [2.05, 4.69) is 30.9 Å². The number of aromatic nitrogens is 3. The standard InChI is InChI=1S/C21H23F2N7/c1-11(2)27-17-8-13(7-14(22)19(17)24)20-15(23)10-26-21(30-20)29-18-4-3-12-9-25-6-5-16(12)28-18/h3-4,7-8,10-11,25,27H,5-6,9,24H2,1-2H3,(H,26,28,29,30). The van der Waals surface area contributed by atoms with Gasteiger partial charge in [0.05, 0.1) is 17.6 Å². The van der Waals surface area contributed by atoms with Crippen LogP contribution in [0.2, 0.25) is 0 Å². The number of pyridine rings is 1. The summed E-state index contributed by atoms with van der Waals surface area (Å²) in [4.78, 5) is 12.8. The van der Waals surface area contributed by atoms with Gasteiger partial charge in [-0.2, -0.15) is 0 Å². The molecular formula is C21H23F2N7. The van der Waals surface area contributed by atoms with Gasteiger partial charge in [-0.15, -0.1) is 0 Å². The van der Waals surface area contributed by atoms with Crippen LogP contribution in [0, 0.1) is 11.6 Å². The van der Waals surface area contributed by atoms with E-state index in [4.69, 9.17) is 5.73 Å². The molecule has 1 aliphatic heterocycles. The van der Waals surface area contributed by atoms with Crippen molar-refractivity contribution in [1.82, 2.24) is 20.3 Å². The number of halogens is 2. The van der Waals surface area contributed by atoms with Crippen molar-refractivity contribution in [3.63, 3.8) is 0 Å². The summed E-state index contributed by atoms with van der Waals surface area (Å²) in [5.74, 6) is -0.569. The molecule has 7 nitrogen and oxygen atoms in total. The topological polar surface area (TPSA) is 101 Å². The van der Waals surface area contributed by atoms with Gasteiger partial charge in [0.2, 0.25) is 5.95 Å². The van der Waals surface area contributed by atoms with E-state index in [0.29, 0.717) is 11.5 Å². The van der Waals surface area contributed by atoms with Gasteiger partial charge >= 0.3 is 0 Å². The zero-order valence-corrected chi connectivity index (χ0v) is 16.8. The molecule has 1 aliphatic rings. The molecule has 30 heavy (non-hydrogen) atoms. The Hall–Kier alpha value is -3.33. The largest absolute Gasteiger partial charge is 0.395 e. The fourth-order valence-electron chi connectivity index (χ4n) is 3.34. The van der Waals surface area contributed by atoms with Gasteiger partial charge in [-0.3, -0.25) is 0 Å². The molecule has 9 heteroatoms. The summed E-state index contributed by atoms with van der Waals surface area (Å²) in [6.07, 6.45) is 1.88. The summed E-state index contributed by atoms with van der Waals surface area (Å²) in [5, 5.41) is 9.37. The quantitative estimate of drug-likeness (QED) is 0.476. The van der Waals surface area contributed by atoms with Gasteiger partial charge in [-0.25, -0.2) is 23.7 Å². The zero-order chi connectivity index (χ0) is 21.3. The maximum atomic E-state index is 14.5. The van der Waals surface area contributed by atoms with E-state index in [-0.39, 0.29) is 28.9 Å². The second kappa shape index (κ2) is 8.19. The number of hydrogen-bond acceptors (Lipinski definition) is 7. The Morgan fingerprint density at radius 3 is 2.77 bits per heavy atom. The molecule has 0 radical (unpaired) electrons. The second-order valence-electron chi connectivity index (χ2n) is 7.46. The van der Waals surface area contributed by atoms with Crippen LogP contribution in [-0.4, -0.2) is 27.5 Å². The predicted octanol–water partition coefficient (Wildman–Crippen LogP) is 3.61. The molecule has 2 aromatic heterocycles. The molecule has 156 valence electrons. The predicted molar refractivity (Wildman–Crippen MR) is 113 cm³/mol. The van der Waals surface area contributed by atoms with Crippen LogP contribution in [0.3, 0.4) is 0 Å². The van der Waals surface area contributed by atoms with Crippen molar-refractivity contribution in [3.8, 4) is 11.3 Å². The number of hydrogen-bond donors (Lipinski definition) is 4. The molecular weight excluding hydrogens is 388 g/mol. The third-order valence-corrected chi connectivity index (χ3v) is 4.75. The number of fused-ring (bicyclic) bond motifs is 1. The van der Waals surface area contributed by atoms with Crippen LogP contribution in [0.1, 0.15) is 25.1 Å². The number of nitrogens with one attached hydrogen (secondary N) is 3. The van der Waals surface area contributed by atoms with Crippen LogP contribution in [0.5, 0.6) is 0 Å². The van der Waals surface area contributed by atoms with Crippen LogP contribution < -0.4 is 21.7 Å². The van der Waals surface area contributed by atoms with E-state index in [1.807, 2.05) is 26.0 Å². The first kappa shape index (κ1) is 20.0. The summed E-state index contributed by atoms with van der Waals surface area (Å²) in [5.41, 5.74) is 8.57. The Labute approximate surface area is 173 Å². The Morgan fingerprint density at radius 1 is 1.13 bits per heavy atom. The molecule has 3 heterocycles. The van der Waals surface area contributed by atoms with Crippen molar-refractivity contribution in [2.45, 2.75) is 32.9 Å². The van der Waals surface area contributed by atoms with Crippen molar-refractivity contribution in [1.29, 1.82) is 0 Å². The highest BCUT2D eigenvalue weighted by molar-refractivity contribution is 5.76. The molecule has 0 amide bonds. The fraction of sp³-hybridized carbons (Fsp3) is 0.286. The summed E-state index contributed by atoms with van der Waals surface area (Å²) in [6.45, 7) is 5.46. The number of rotatable bonds is 5. The highest BCUT2D eigenvalue weighted by Crippen LogP contribution is 2.31. The first-order valence-electron chi connectivity index (χ1n) is 9.75. The van der Waals surface area contributed by atoms with Gasteiger partial charge in [0.1, 0.15) is 17.3 Å². The molecule has 0 saturated carbocycles. The van der Waals surface area contributed by atoms with Gasteiger partial charge < -0.3 is 21.7 Å². The van der Waals surface area contributed by atoms with E-state index in [1.54, 1.807) is 6.07 Å². The third-order valence-electron chi connectivity index (χ3n) is 4.75. The fourth-order valence-corrected chi connectivity index (χ4v) is 3.34. The first-order chi connectivity index (χ1) is 14.4. The maximum Gasteiger partial charge on any atom is 0.229 e. The Morgan fingerprint density at radius 2 is 1.97 bits per heavy atom. The van der Waals surface area contributed by atoms with E-state index in [1.165, 1.54) is 6.07 Å². The molecule has 5 N–H and O–H groups in total. The first-order valence-corrected chi connectivity index (χ1v) is 9.75. The number of nitrogens with two attached hydrogens (primary N) is 1. The molecule has 0 fully saturated rings. The molecule has 0 bridgehead atoms.